The van der Waals surface area contributed by atoms with Crippen LogP contribution in [0.5, 0.6) is 0 Å². The van der Waals surface area contributed by atoms with Crippen LogP contribution < -0.4 is 9.62 Å². The van der Waals surface area contributed by atoms with Gasteiger partial charge in [0.15, 0.2) is 0 Å². The lowest BCUT2D eigenvalue weighted by molar-refractivity contribution is 0.562. The van der Waals surface area contributed by atoms with Gasteiger partial charge in [-0.2, -0.15) is 0 Å². The number of nitrogens with zero attached hydrogens (tertiary/aromatic N) is 1. The molecule has 1 aliphatic rings. The third kappa shape index (κ3) is 3.58. The number of fused-ring (bicyclic) bond motifs is 1. The van der Waals surface area contributed by atoms with Crippen LogP contribution in [0.3, 0.4) is 0 Å². The molecule has 0 spiro atoms. The first-order valence-electron chi connectivity index (χ1n) is 7.78. The molecule has 1 unspecified atom stereocenters. The first-order chi connectivity index (χ1) is 9.96. The van der Waals surface area contributed by atoms with E-state index in [1.807, 2.05) is 19.1 Å². The number of benzene rings is 1. The summed E-state index contributed by atoms with van der Waals surface area (Å²) in [6, 6.07) is 6.05. The van der Waals surface area contributed by atoms with E-state index in [9.17, 15) is 8.42 Å². The van der Waals surface area contributed by atoms with Crippen molar-refractivity contribution in [2.45, 2.75) is 45.3 Å². The molecule has 4 nitrogen and oxygen atoms in total. The lowest BCUT2D eigenvalue weighted by Gasteiger charge is -2.33. The van der Waals surface area contributed by atoms with Crippen molar-refractivity contribution in [1.29, 1.82) is 0 Å². The van der Waals surface area contributed by atoms with Gasteiger partial charge in [-0.25, -0.2) is 8.42 Å². The van der Waals surface area contributed by atoms with Crippen molar-refractivity contribution in [3.8, 4) is 0 Å². The van der Waals surface area contributed by atoms with E-state index in [-0.39, 0.29) is 0 Å². The fourth-order valence-corrected chi connectivity index (χ4v) is 4.36. The van der Waals surface area contributed by atoms with E-state index < -0.39 is 15.3 Å². The second kappa shape index (κ2) is 6.79. The Balaban J connectivity index is 2.22. The molecule has 0 saturated heterocycles. The van der Waals surface area contributed by atoms with Crippen LogP contribution in [0.1, 0.15) is 37.8 Å². The summed E-state index contributed by atoms with van der Waals surface area (Å²) in [7, 11) is -3.30. The zero-order chi connectivity index (χ0) is 15.5. The van der Waals surface area contributed by atoms with E-state index in [2.05, 4.69) is 18.3 Å². The smallest absolute Gasteiger partial charge is 0.239 e. The van der Waals surface area contributed by atoms with Gasteiger partial charge in [0.25, 0.3) is 0 Å². The second-order valence-corrected chi connectivity index (χ2v) is 8.14. The largest absolute Gasteiger partial charge is 0.315 e. The Morgan fingerprint density at radius 1 is 1.38 bits per heavy atom. The highest BCUT2D eigenvalue weighted by Gasteiger charge is 2.31. The van der Waals surface area contributed by atoms with E-state index in [1.54, 1.807) is 11.2 Å². The first-order valence-corrected chi connectivity index (χ1v) is 9.29. The summed E-state index contributed by atoms with van der Waals surface area (Å²) in [5.41, 5.74) is 3.21. The van der Waals surface area contributed by atoms with Crippen LogP contribution in [-0.2, 0) is 16.4 Å². The number of sulfonamides is 1. The van der Waals surface area contributed by atoms with Crippen molar-refractivity contribution in [2.24, 2.45) is 0 Å². The molecule has 0 bridgehead atoms. The Hall–Kier alpha value is -1.07. The standard InChI is InChI=1S/C16H26N2O2S/c1-4-9-17-12-14(3)21(19,20)18-10-5-6-15-11-13(2)7-8-16(15)18/h7-8,11,14,17H,4-6,9-10,12H2,1-3H3. The van der Waals surface area contributed by atoms with E-state index in [1.165, 1.54) is 5.56 Å². The van der Waals surface area contributed by atoms with Crippen LogP contribution in [0, 0.1) is 6.92 Å². The molecule has 0 saturated carbocycles. The summed E-state index contributed by atoms with van der Waals surface area (Å²) in [6.45, 7) is 7.88. The predicted octanol–water partition coefficient (Wildman–Crippen LogP) is 2.47. The van der Waals surface area contributed by atoms with Gasteiger partial charge in [-0.1, -0.05) is 24.6 Å². The van der Waals surface area contributed by atoms with Crippen LogP contribution in [0.25, 0.3) is 0 Å². The van der Waals surface area contributed by atoms with Gasteiger partial charge >= 0.3 is 0 Å². The third-order valence-electron chi connectivity index (χ3n) is 3.99. The Labute approximate surface area is 128 Å². The molecule has 0 radical (unpaired) electrons. The van der Waals surface area contributed by atoms with Gasteiger partial charge in [0.2, 0.25) is 10.0 Å². The lowest BCUT2D eigenvalue weighted by Crippen LogP contribution is -2.44. The predicted molar refractivity (Wildman–Crippen MR) is 88.4 cm³/mol. The quantitative estimate of drug-likeness (QED) is 0.821. The Morgan fingerprint density at radius 2 is 2.14 bits per heavy atom. The van der Waals surface area contributed by atoms with Crippen LogP contribution in [0.2, 0.25) is 0 Å². The maximum absolute atomic E-state index is 12.8. The summed E-state index contributed by atoms with van der Waals surface area (Å²) in [5.74, 6) is 0. The van der Waals surface area contributed by atoms with Crippen molar-refractivity contribution in [2.75, 3.05) is 23.9 Å². The highest BCUT2D eigenvalue weighted by molar-refractivity contribution is 7.93. The molecule has 1 aromatic rings. The third-order valence-corrected chi connectivity index (χ3v) is 6.16. The summed E-state index contributed by atoms with van der Waals surface area (Å²) >= 11 is 0. The number of hydrogen-bond acceptors (Lipinski definition) is 3. The highest BCUT2D eigenvalue weighted by atomic mass is 32.2. The normalized spacial score (nSPS) is 16.6. The number of rotatable bonds is 6. The molecule has 0 aromatic heterocycles. The lowest BCUT2D eigenvalue weighted by atomic mass is 10.0. The SMILES string of the molecule is CCCNCC(C)S(=O)(=O)N1CCCc2cc(C)ccc21. The minimum atomic E-state index is -3.30. The molecule has 1 heterocycles. The maximum Gasteiger partial charge on any atom is 0.239 e. The van der Waals surface area contributed by atoms with Crippen LogP contribution in [-0.4, -0.2) is 33.3 Å². The van der Waals surface area contributed by atoms with E-state index in [4.69, 9.17) is 0 Å². The molecular weight excluding hydrogens is 284 g/mol. The average Bonchev–Trinajstić information content (AvgIpc) is 2.46. The van der Waals surface area contributed by atoms with Crippen molar-refractivity contribution >= 4 is 15.7 Å². The van der Waals surface area contributed by atoms with Crippen molar-refractivity contribution in [1.82, 2.24) is 5.32 Å². The Kier molecular flexibility index (Phi) is 5.27. The van der Waals surface area contributed by atoms with Crippen LogP contribution in [0.15, 0.2) is 18.2 Å². The van der Waals surface area contributed by atoms with Gasteiger partial charge in [0.05, 0.1) is 10.9 Å². The molecule has 2 rings (SSSR count). The van der Waals surface area contributed by atoms with Gasteiger partial charge in [-0.3, -0.25) is 4.31 Å². The summed E-state index contributed by atoms with van der Waals surface area (Å²) in [5, 5.41) is 2.80. The molecule has 5 heteroatoms. The zero-order valence-corrected chi connectivity index (χ0v) is 14.0. The molecule has 21 heavy (non-hydrogen) atoms. The van der Waals surface area contributed by atoms with Gasteiger partial charge in [0.1, 0.15) is 0 Å². The van der Waals surface area contributed by atoms with Crippen molar-refractivity contribution in [3.63, 3.8) is 0 Å². The number of hydrogen-bond donors (Lipinski definition) is 1. The molecule has 0 amide bonds. The van der Waals surface area contributed by atoms with Crippen molar-refractivity contribution in [3.05, 3.63) is 29.3 Å². The Bertz CT molecular complexity index is 584. The molecule has 0 fully saturated rings. The van der Waals surface area contributed by atoms with Gasteiger partial charge in [0, 0.05) is 13.1 Å². The number of anilines is 1. The van der Waals surface area contributed by atoms with E-state index >= 15 is 0 Å². The van der Waals surface area contributed by atoms with Crippen molar-refractivity contribution < 1.29 is 8.42 Å². The summed E-state index contributed by atoms with van der Waals surface area (Å²) in [4.78, 5) is 0. The number of aryl methyl sites for hydroxylation is 2. The van der Waals surface area contributed by atoms with Gasteiger partial charge in [-0.05, 0) is 51.3 Å². The molecule has 1 N–H and O–H groups in total. The second-order valence-electron chi connectivity index (χ2n) is 5.87. The van der Waals surface area contributed by atoms with Gasteiger partial charge in [-0.15, -0.1) is 0 Å². The van der Waals surface area contributed by atoms with Crippen LogP contribution >= 0.6 is 0 Å². The van der Waals surface area contributed by atoms with Crippen LogP contribution in [0.4, 0.5) is 5.69 Å². The molecule has 1 aliphatic heterocycles. The van der Waals surface area contributed by atoms with E-state index in [0.29, 0.717) is 13.1 Å². The Morgan fingerprint density at radius 3 is 2.86 bits per heavy atom. The first kappa shape index (κ1) is 16.3. The van der Waals surface area contributed by atoms with E-state index in [0.717, 1.165) is 37.1 Å². The molecule has 118 valence electrons. The average molecular weight is 310 g/mol. The summed E-state index contributed by atoms with van der Waals surface area (Å²) in [6.07, 6.45) is 2.87. The molecule has 1 atom stereocenters. The van der Waals surface area contributed by atoms with Gasteiger partial charge < -0.3 is 5.32 Å². The minimum Gasteiger partial charge on any atom is -0.315 e. The minimum absolute atomic E-state index is 0.406. The monoisotopic (exact) mass is 310 g/mol. The molecule has 0 aliphatic carbocycles. The summed E-state index contributed by atoms with van der Waals surface area (Å²) < 4.78 is 27.2. The molecule has 1 aromatic carbocycles. The fraction of sp³-hybridized carbons (Fsp3) is 0.625. The highest BCUT2D eigenvalue weighted by Crippen LogP contribution is 2.31. The zero-order valence-electron chi connectivity index (χ0n) is 13.2. The maximum atomic E-state index is 12.8. The molecular formula is C16H26N2O2S. The topological polar surface area (TPSA) is 49.4 Å². The number of nitrogens with one attached hydrogen (secondary N) is 1. The fourth-order valence-electron chi connectivity index (χ4n) is 2.76.